The normalized spacial score (nSPS) is 24.9. The number of carboxylic acids is 1. The molecule has 5 nitrogen and oxygen atoms in total. The number of hydrogen-bond donors (Lipinski definition) is 2. The third-order valence-corrected chi connectivity index (χ3v) is 5.10. The number of carbonyl (C=O) groups excluding carboxylic acids is 1. The summed E-state index contributed by atoms with van der Waals surface area (Å²) in [7, 11) is 0. The summed E-state index contributed by atoms with van der Waals surface area (Å²) < 4.78 is 0. The zero-order valence-electron chi connectivity index (χ0n) is 11.6. The summed E-state index contributed by atoms with van der Waals surface area (Å²) in [4.78, 5) is 25.8. The van der Waals surface area contributed by atoms with Crippen molar-refractivity contribution in [3.8, 4) is 0 Å². The molecule has 0 aromatic heterocycles. The lowest BCUT2D eigenvalue weighted by atomic mass is 9.89. The zero-order valence-corrected chi connectivity index (χ0v) is 12.4. The molecule has 2 unspecified atom stereocenters. The third-order valence-electron chi connectivity index (χ3n) is 4.08. The summed E-state index contributed by atoms with van der Waals surface area (Å²) >= 11 is 1.60. The van der Waals surface area contributed by atoms with Crippen molar-refractivity contribution in [3.05, 3.63) is 29.8 Å². The van der Waals surface area contributed by atoms with Crippen molar-refractivity contribution in [1.82, 2.24) is 4.90 Å². The van der Waals surface area contributed by atoms with Crippen molar-refractivity contribution < 1.29 is 14.7 Å². The summed E-state index contributed by atoms with van der Waals surface area (Å²) in [6.45, 7) is 1.26. The van der Waals surface area contributed by atoms with Gasteiger partial charge >= 0.3 is 5.97 Å². The smallest absolute Gasteiger partial charge is 0.327 e. The number of carbonyl (C=O) groups is 2. The molecule has 0 bridgehead atoms. The van der Waals surface area contributed by atoms with E-state index in [2.05, 4.69) is 5.32 Å². The summed E-state index contributed by atoms with van der Waals surface area (Å²) in [5.41, 5.74) is 1.97. The van der Waals surface area contributed by atoms with Gasteiger partial charge in [-0.3, -0.25) is 4.79 Å². The monoisotopic (exact) mass is 306 g/mol. The highest BCUT2D eigenvalue weighted by molar-refractivity contribution is 7.99. The van der Waals surface area contributed by atoms with Crippen LogP contribution in [0.1, 0.15) is 17.9 Å². The molecule has 2 aliphatic heterocycles. The molecule has 0 aliphatic carbocycles. The predicted molar refractivity (Wildman–Crippen MR) is 82.8 cm³/mol. The van der Waals surface area contributed by atoms with Gasteiger partial charge in [0.2, 0.25) is 5.91 Å². The van der Waals surface area contributed by atoms with Crippen LogP contribution >= 0.6 is 11.8 Å². The number of thioether (sulfide) groups is 1. The molecular formula is C15H18N2O3S. The van der Waals surface area contributed by atoms with E-state index >= 15 is 0 Å². The second kappa shape index (κ2) is 5.97. The molecule has 2 atom stereocenters. The molecule has 0 saturated carbocycles. The van der Waals surface area contributed by atoms with E-state index < -0.39 is 12.0 Å². The molecule has 2 aliphatic rings. The van der Waals surface area contributed by atoms with Gasteiger partial charge in [-0.2, -0.15) is 11.8 Å². The molecule has 2 heterocycles. The summed E-state index contributed by atoms with van der Waals surface area (Å²) in [5.74, 6) is 0.109. The topological polar surface area (TPSA) is 69.6 Å². The highest BCUT2D eigenvalue weighted by atomic mass is 32.2. The molecule has 112 valence electrons. The first-order valence-electron chi connectivity index (χ1n) is 7.12. The Labute approximate surface area is 127 Å². The van der Waals surface area contributed by atoms with Gasteiger partial charge in [-0.1, -0.05) is 18.2 Å². The van der Waals surface area contributed by atoms with Crippen molar-refractivity contribution in [2.75, 3.05) is 29.9 Å². The molecule has 1 amide bonds. The maximum absolute atomic E-state index is 12.9. The Kier molecular flexibility index (Phi) is 4.05. The van der Waals surface area contributed by atoms with Gasteiger partial charge < -0.3 is 15.3 Å². The Morgan fingerprint density at radius 1 is 1.33 bits per heavy atom. The average molecular weight is 306 g/mol. The maximum atomic E-state index is 12.9. The second-order valence-corrected chi connectivity index (χ2v) is 6.47. The van der Waals surface area contributed by atoms with Gasteiger partial charge in [0, 0.05) is 30.3 Å². The minimum absolute atomic E-state index is 0.0448. The first-order chi connectivity index (χ1) is 10.2. The number of para-hydroxylation sites is 1. The van der Waals surface area contributed by atoms with Crippen LogP contribution in [0.2, 0.25) is 0 Å². The first kappa shape index (κ1) is 14.3. The second-order valence-electron chi connectivity index (χ2n) is 5.32. The number of anilines is 1. The van der Waals surface area contributed by atoms with Gasteiger partial charge in [0.25, 0.3) is 0 Å². The SMILES string of the molecule is O=C(O)C1CSCCN1C(=O)C1CCNc2ccccc21. The summed E-state index contributed by atoms with van der Waals surface area (Å²) in [6.07, 6.45) is 0.714. The summed E-state index contributed by atoms with van der Waals surface area (Å²) in [6, 6.07) is 7.09. The highest BCUT2D eigenvalue weighted by Gasteiger charge is 2.37. The molecule has 1 aromatic carbocycles. The minimum atomic E-state index is -0.905. The van der Waals surface area contributed by atoms with Crippen LogP contribution in [0.3, 0.4) is 0 Å². The molecule has 1 fully saturated rings. The predicted octanol–water partition coefficient (Wildman–Crippen LogP) is 1.61. The number of aliphatic carboxylic acids is 1. The van der Waals surface area contributed by atoms with Crippen LogP contribution in [0.25, 0.3) is 0 Å². The van der Waals surface area contributed by atoms with Crippen LogP contribution in [-0.4, -0.2) is 52.5 Å². The van der Waals surface area contributed by atoms with Crippen LogP contribution < -0.4 is 5.32 Å². The quantitative estimate of drug-likeness (QED) is 0.869. The van der Waals surface area contributed by atoms with Crippen molar-refractivity contribution >= 4 is 29.3 Å². The van der Waals surface area contributed by atoms with Gasteiger partial charge in [-0.15, -0.1) is 0 Å². The first-order valence-corrected chi connectivity index (χ1v) is 8.28. The number of nitrogens with zero attached hydrogens (tertiary/aromatic N) is 1. The number of rotatable bonds is 2. The van der Waals surface area contributed by atoms with Crippen molar-refractivity contribution in [3.63, 3.8) is 0 Å². The average Bonchev–Trinajstić information content (AvgIpc) is 2.53. The Morgan fingerprint density at radius 2 is 2.14 bits per heavy atom. The Hall–Kier alpha value is -1.69. The molecule has 1 saturated heterocycles. The molecule has 0 radical (unpaired) electrons. The lowest BCUT2D eigenvalue weighted by Crippen LogP contribution is -2.52. The van der Waals surface area contributed by atoms with Gasteiger partial charge in [-0.05, 0) is 18.1 Å². The lowest BCUT2D eigenvalue weighted by molar-refractivity contribution is -0.149. The van der Waals surface area contributed by atoms with E-state index in [9.17, 15) is 14.7 Å². The molecule has 1 aromatic rings. The molecule has 21 heavy (non-hydrogen) atoms. The van der Waals surface area contributed by atoms with Crippen LogP contribution in [0.5, 0.6) is 0 Å². The number of carboxylic acid groups (broad SMARTS) is 1. The molecule has 0 spiro atoms. The Bertz CT molecular complexity index is 564. The van der Waals surface area contributed by atoms with E-state index in [1.54, 1.807) is 16.7 Å². The van der Waals surface area contributed by atoms with Crippen molar-refractivity contribution in [2.24, 2.45) is 0 Å². The van der Waals surface area contributed by atoms with E-state index in [1.807, 2.05) is 24.3 Å². The highest BCUT2D eigenvalue weighted by Crippen LogP contribution is 2.34. The maximum Gasteiger partial charge on any atom is 0.327 e. The van der Waals surface area contributed by atoms with E-state index in [4.69, 9.17) is 0 Å². The van der Waals surface area contributed by atoms with Crippen LogP contribution in [0, 0.1) is 0 Å². The number of nitrogens with one attached hydrogen (secondary N) is 1. The summed E-state index contributed by atoms with van der Waals surface area (Å²) in [5, 5.41) is 12.6. The number of benzene rings is 1. The van der Waals surface area contributed by atoms with Gasteiger partial charge in [0.15, 0.2) is 0 Å². The number of hydrogen-bond acceptors (Lipinski definition) is 4. The Morgan fingerprint density at radius 3 is 2.95 bits per heavy atom. The standard InChI is InChI=1S/C15H18N2O3S/c18-14(17-7-8-21-9-13(17)15(19)20)11-5-6-16-12-4-2-1-3-10(11)12/h1-4,11,13,16H,5-9H2,(H,19,20). The zero-order chi connectivity index (χ0) is 14.8. The molecular weight excluding hydrogens is 288 g/mol. The molecule has 3 rings (SSSR count). The van der Waals surface area contributed by atoms with Gasteiger partial charge in [-0.25, -0.2) is 4.79 Å². The van der Waals surface area contributed by atoms with E-state index in [1.165, 1.54) is 0 Å². The fourth-order valence-corrected chi connectivity index (χ4v) is 4.04. The number of amides is 1. The largest absolute Gasteiger partial charge is 0.480 e. The Balaban J connectivity index is 1.86. The number of fused-ring (bicyclic) bond motifs is 1. The lowest BCUT2D eigenvalue weighted by Gasteiger charge is -2.36. The van der Waals surface area contributed by atoms with E-state index in [0.29, 0.717) is 18.7 Å². The molecule has 6 heteroatoms. The minimum Gasteiger partial charge on any atom is -0.480 e. The van der Waals surface area contributed by atoms with Crippen molar-refractivity contribution in [1.29, 1.82) is 0 Å². The van der Waals surface area contributed by atoms with Gasteiger partial charge in [0.05, 0.1) is 5.92 Å². The van der Waals surface area contributed by atoms with Crippen LogP contribution in [0.4, 0.5) is 5.69 Å². The fourth-order valence-electron chi connectivity index (χ4n) is 3.00. The third kappa shape index (κ3) is 2.72. The van der Waals surface area contributed by atoms with Gasteiger partial charge in [0.1, 0.15) is 6.04 Å². The van der Waals surface area contributed by atoms with E-state index in [-0.39, 0.29) is 11.8 Å². The molecule has 2 N–H and O–H groups in total. The van der Waals surface area contributed by atoms with E-state index in [0.717, 1.165) is 23.5 Å². The fraction of sp³-hybridized carbons (Fsp3) is 0.467. The van der Waals surface area contributed by atoms with Crippen LogP contribution in [-0.2, 0) is 9.59 Å². The van der Waals surface area contributed by atoms with Crippen molar-refractivity contribution in [2.45, 2.75) is 18.4 Å². The van der Waals surface area contributed by atoms with Crippen LogP contribution in [0.15, 0.2) is 24.3 Å².